The molecule has 2 saturated heterocycles. The SMILES string of the molecule is O=C(Nc1ccc(N2CCCC2)c(C(=O)NCC2CCCO2)c1)c1ccc2c(c1)OCO2. The van der Waals surface area contributed by atoms with Gasteiger partial charge in [-0.2, -0.15) is 0 Å². The number of carbonyl (C=O) groups is 2. The van der Waals surface area contributed by atoms with E-state index in [1.807, 2.05) is 12.1 Å². The molecule has 3 aliphatic rings. The third kappa shape index (κ3) is 4.36. The Hall–Kier alpha value is -3.26. The van der Waals surface area contributed by atoms with Crippen LogP contribution >= 0.6 is 0 Å². The van der Waals surface area contributed by atoms with Gasteiger partial charge in [-0.15, -0.1) is 0 Å². The summed E-state index contributed by atoms with van der Waals surface area (Å²) in [7, 11) is 0. The Morgan fingerprint density at radius 2 is 1.81 bits per heavy atom. The molecule has 3 aliphatic heterocycles. The minimum Gasteiger partial charge on any atom is -0.454 e. The van der Waals surface area contributed by atoms with Gasteiger partial charge < -0.3 is 29.7 Å². The van der Waals surface area contributed by atoms with Crippen molar-refractivity contribution in [3.63, 3.8) is 0 Å². The third-order valence-corrected chi connectivity index (χ3v) is 6.09. The minimum atomic E-state index is -0.275. The summed E-state index contributed by atoms with van der Waals surface area (Å²) in [6.45, 7) is 3.25. The Morgan fingerprint density at radius 3 is 2.62 bits per heavy atom. The predicted octanol–water partition coefficient (Wildman–Crippen LogP) is 3.18. The monoisotopic (exact) mass is 437 g/mol. The van der Waals surface area contributed by atoms with E-state index in [9.17, 15) is 9.59 Å². The van der Waals surface area contributed by atoms with E-state index in [-0.39, 0.29) is 24.7 Å². The normalized spacial score (nSPS) is 19.2. The Balaban J connectivity index is 1.34. The second-order valence-electron chi connectivity index (χ2n) is 8.29. The Kier molecular flexibility index (Phi) is 5.85. The molecular formula is C24H27N3O5. The summed E-state index contributed by atoms with van der Waals surface area (Å²) < 4.78 is 16.3. The van der Waals surface area contributed by atoms with E-state index >= 15 is 0 Å². The summed E-state index contributed by atoms with van der Waals surface area (Å²) >= 11 is 0. The zero-order chi connectivity index (χ0) is 21.9. The van der Waals surface area contributed by atoms with E-state index < -0.39 is 0 Å². The maximum absolute atomic E-state index is 13.1. The lowest BCUT2D eigenvalue weighted by molar-refractivity contribution is 0.0858. The van der Waals surface area contributed by atoms with Crippen LogP contribution in [0, 0.1) is 0 Å². The average molecular weight is 437 g/mol. The maximum atomic E-state index is 13.1. The molecule has 1 atom stereocenters. The van der Waals surface area contributed by atoms with Gasteiger partial charge in [0, 0.05) is 43.2 Å². The summed E-state index contributed by atoms with van der Waals surface area (Å²) in [6.07, 6.45) is 4.29. The molecule has 2 fully saturated rings. The van der Waals surface area contributed by atoms with Crippen LogP contribution in [-0.2, 0) is 4.74 Å². The van der Waals surface area contributed by atoms with Gasteiger partial charge in [-0.1, -0.05) is 0 Å². The van der Waals surface area contributed by atoms with Gasteiger partial charge in [0.1, 0.15) is 0 Å². The number of carbonyl (C=O) groups excluding carboxylic acids is 2. The van der Waals surface area contributed by atoms with Crippen LogP contribution in [0.25, 0.3) is 0 Å². The highest BCUT2D eigenvalue weighted by Gasteiger charge is 2.23. The summed E-state index contributed by atoms with van der Waals surface area (Å²) in [5.41, 5.74) is 2.49. The lowest BCUT2D eigenvalue weighted by Crippen LogP contribution is -2.33. The molecule has 0 radical (unpaired) electrons. The summed E-state index contributed by atoms with van der Waals surface area (Å²) in [6, 6.07) is 10.6. The second-order valence-corrected chi connectivity index (χ2v) is 8.29. The van der Waals surface area contributed by atoms with Gasteiger partial charge in [0.15, 0.2) is 11.5 Å². The quantitative estimate of drug-likeness (QED) is 0.722. The molecule has 8 nitrogen and oxygen atoms in total. The van der Waals surface area contributed by atoms with E-state index in [4.69, 9.17) is 14.2 Å². The van der Waals surface area contributed by atoms with Crippen molar-refractivity contribution < 1.29 is 23.8 Å². The lowest BCUT2D eigenvalue weighted by Gasteiger charge is -2.22. The molecule has 0 saturated carbocycles. The Morgan fingerprint density at radius 1 is 0.969 bits per heavy atom. The van der Waals surface area contributed by atoms with Gasteiger partial charge in [0.2, 0.25) is 6.79 Å². The van der Waals surface area contributed by atoms with Crippen LogP contribution in [0.4, 0.5) is 11.4 Å². The van der Waals surface area contributed by atoms with E-state index in [1.165, 1.54) is 0 Å². The first-order valence-corrected chi connectivity index (χ1v) is 11.2. The van der Waals surface area contributed by atoms with E-state index in [0.717, 1.165) is 51.1 Å². The first-order valence-electron chi connectivity index (χ1n) is 11.2. The summed E-state index contributed by atoms with van der Waals surface area (Å²) in [5, 5.41) is 5.91. The molecule has 2 aromatic rings. The molecule has 2 N–H and O–H groups in total. The number of ether oxygens (including phenoxy) is 3. The number of rotatable bonds is 6. The lowest BCUT2D eigenvalue weighted by atomic mass is 10.1. The first kappa shape index (κ1) is 20.6. The molecule has 5 rings (SSSR count). The molecule has 0 aliphatic carbocycles. The number of hydrogen-bond donors (Lipinski definition) is 2. The van der Waals surface area contributed by atoms with Crippen molar-refractivity contribution in [2.75, 3.05) is 43.3 Å². The summed E-state index contributed by atoms with van der Waals surface area (Å²) in [5.74, 6) is 0.752. The molecule has 2 amide bonds. The van der Waals surface area contributed by atoms with Crippen LogP contribution in [0.1, 0.15) is 46.4 Å². The largest absolute Gasteiger partial charge is 0.454 e. The van der Waals surface area contributed by atoms with Crippen LogP contribution in [0.5, 0.6) is 11.5 Å². The number of hydrogen-bond acceptors (Lipinski definition) is 6. The Bertz CT molecular complexity index is 1010. The van der Waals surface area contributed by atoms with Gasteiger partial charge in [0.05, 0.1) is 11.7 Å². The average Bonchev–Trinajstić information content (AvgIpc) is 3.59. The second kappa shape index (κ2) is 9.08. The number of benzene rings is 2. The highest BCUT2D eigenvalue weighted by molar-refractivity contribution is 6.06. The van der Waals surface area contributed by atoms with E-state index in [1.54, 1.807) is 24.3 Å². The molecule has 2 aromatic carbocycles. The van der Waals surface area contributed by atoms with Crippen LogP contribution in [0.15, 0.2) is 36.4 Å². The van der Waals surface area contributed by atoms with Crippen molar-refractivity contribution in [3.05, 3.63) is 47.5 Å². The van der Waals surface area contributed by atoms with Crippen LogP contribution < -0.4 is 25.0 Å². The predicted molar refractivity (Wildman–Crippen MR) is 120 cm³/mol. The van der Waals surface area contributed by atoms with Gasteiger partial charge in [-0.25, -0.2) is 0 Å². The van der Waals surface area contributed by atoms with E-state index in [0.29, 0.717) is 34.9 Å². The van der Waals surface area contributed by atoms with Crippen LogP contribution in [0.3, 0.4) is 0 Å². The topological polar surface area (TPSA) is 89.1 Å². The molecule has 0 spiro atoms. The van der Waals surface area contributed by atoms with Crippen molar-refractivity contribution in [3.8, 4) is 11.5 Å². The fourth-order valence-corrected chi connectivity index (χ4v) is 4.38. The van der Waals surface area contributed by atoms with Gasteiger partial charge in [-0.3, -0.25) is 9.59 Å². The fraction of sp³-hybridized carbons (Fsp3) is 0.417. The number of nitrogens with zero attached hydrogens (tertiary/aromatic N) is 1. The number of anilines is 2. The van der Waals surface area contributed by atoms with Crippen molar-refractivity contribution >= 4 is 23.2 Å². The standard InChI is InChI=1S/C24H27N3O5/c28-23(16-5-8-21-22(12-16)32-15-31-21)26-17-6-7-20(27-9-1-2-10-27)19(13-17)24(29)25-14-18-4-3-11-30-18/h5-8,12-13,18H,1-4,9-11,14-15H2,(H,25,29)(H,26,28). The molecule has 0 aromatic heterocycles. The molecule has 8 heteroatoms. The van der Waals surface area contributed by atoms with Crippen molar-refractivity contribution in [2.45, 2.75) is 31.8 Å². The van der Waals surface area contributed by atoms with Crippen molar-refractivity contribution in [2.24, 2.45) is 0 Å². The zero-order valence-corrected chi connectivity index (χ0v) is 17.9. The number of fused-ring (bicyclic) bond motifs is 1. The van der Waals surface area contributed by atoms with Crippen molar-refractivity contribution in [1.29, 1.82) is 0 Å². The maximum Gasteiger partial charge on any atom is 0.255 e. The summed E-state index contributed by atoms with van der Waals surface area (Å²) in [4.78, 5) is 28.1. The minimum absolute atomic E-state index is 0.0723. The number of nitrogens with one attached hydrogen (secondary N) is 2. The fourth-order valence-electron chi connectivity index (χ4n) is 4.38. The molecule has 168 valence electrons. The van der Waals surface area contributed by atoms with E-state index in [2.05, 4.69) is 15.5 Å². The highest BCUT2D eigenvalue weighted by Crippen LogP contribution is 2.33. The molecule has 1 unspecified atom stereocenters. The molecule has 32 heavy (non-hydrogen) atoms. The van der Waals surface area contributed by atoms with Crippen LogP contribution in [-0.4, -0.2) is 51.0 Å². The molecule has 3 heterocycles. The van der Waals surface area contributed by atoms with Crippen LogP contribution in [0.2, 0.25) is 0 Å². The third-order valence-electron chi connectivity index (χ3n) is 6.09. The molecular weight excluding hydrogens is 410 g/mol. The van der Waals surface area contributed by atoms with Gasteiger partial charge in [-0.05, 0) is 62.1 Å². The van der Waals surface area contributed by atoms with Gasteiger partial charge >= 0.3 is 0 Å². The molecule has 0 bridgehead atoms. The highest BCUT2D eigenvalue weighted by atomic mass is 16.7. The first-order chi connectivity index (χ1) is 15.7. The smallest absolute Gasteiger partial charge is 0.255 e. The Labute approximate surface area is 186 Å². The number of amides is 2. The van der Waals surface area contributed by atoms with Crippen molar-refractivity contribution in [1.82, 2.24) is 5.32 Å². The van der Waals surface area contributed by atoms with Gasteiger partial charge in [0.25, 0.3) is 11.8 Å². The zero-order valence-electron chi connectivity index (χ0n) is 17.9.